The highest BCUT2D eigenvalue weighted by molar-refractivity contribution is 6.03. The first kappa shape index (κ1) is 21.5. The van der Waals surface area contributed by atoms with Gasteiger partial charge in [-0.2, -0.15) is 5.10 Å². The molecule has 0 bridgehead atoms. The minimum Gasteiger partial charge on any atom is -0.485 e. The number of hydrogen-bond acceptors (Lipinski definition) is 4. The summed E-state index contributed by atoms with van der Waals surface area (Å²) in [6, 6.07) is 27.5. The number of ether oxygens (including phenoxy) is 1. The molecule has 0 radical (unpaired) electrons. The molecule has 0 aliphatic rings. The zero-order chi connectivity index (χ0) is 23.5. The predicted octanol–water partition coefficient (Wildman–Crippen LogP) is 6.13. The van der Waals surface area contributed by atoms with Gasteiger partial charge in [-0.05, 0) is 43.0 Å². The van der Waals surface area contributed by atoms with Gasteiger partial charge >= 0.3 is 0 Å². The Kier molecular flexibility index (Phi) is 5.87. The van der Waals surface area contributed by atoms with Crippen molar-refractivity contribution < 1.29 is 13.9 Å². The lowest BCUT2D eigenvalue weighted by molar-refractivity contribution is 0.0992. The Labute approximate surface area is 197 Å². The maximum absolute atomic E-state index is 12.9. The first-order valence-electron chi connectivity index (χ1n) is 11.2. The Morgan fingerprint density at radius 1 is 0.941 bits per heavy atom. The van der Waals surface area contributed by atoms with Crippen LogP contribution in [0.5, 0.6) is 5.75 Å². The van der Waals surface area contributed by atoms with Gasteiger partial charge in [0.2, 0.25) is 0 Å². The van der Waals surface area contributed by atoms with E-state index in [-0.39, 0.29) is 18.3 Å². The Bertz CT molecular complexity index is 1450. The van der Waals surface area contributed by atoms with Crippen molar-refractivity contribution in [3.8, 4) is 5.75 Å². The molecule has 0 atom stereocenters. The molecule has 6 nitrogen and oxygen atoms in total. The average molecular weight is 452 g/mol. The number of fused-ring (bicyclic) bond motifs is 1. The molecule has 0 saturated carbocycles. The summed E-state index contributed by atoms with van der Waals surface area (Å²) in [5.74, 6) is 1.26. The van der Waals surface area contributed by atoms with Crippen molar-refractivity contribution in [3.63, 3.8) is 0 Å². The van der Waals surface area contributed by atoms with Crippen LogP contribution in [0.15, 0.2) is 89.3 Å². The number of aryl methyl sites for hydroxylation is 1. The normalized spacial score (nSPS) is 11.0. The summed E-state index contributed by atoms with van der Waals surface area (Å²) in [4.78, 5) is 12.9. The van der Waals surface area contributed by atoms with Crippen LogP contribution >= 0.6 is 0 Å². The molecule has 0 spiro atoms. The van der Waals surface area contributed by atoms with Crippen LogP contribution in [0.25, 0.3) is 10.8 Å². The van der Waals surface area contributed by atoms with E-state index in [2.05, 4.69) is 22.5 Å². The lowest BCUT2D eigenvalue weighted by Gasteiger charge is -2.08. The summed E-state index contributed by atoms with van der Waals surface area (Å²) >= 11 is 0. The molecule has 1 amide bonds. The molecule has 6 heteroatoms. The average Bonchev–Trinajstić information content (AvgIpc) is 3.44. The zero-order valence-electron chi connectivity index (χ0n) is 19.1. The molecule has 3 aromatic carbocycles. The number of amides is 1. The van der Waals surface area contributed by atoms with Crippen molar-refractivity contribution in [1.29, 1.82) is 0 Å². The fourth-order valence-corrected chi connectivity index (χ4v) is 4.01. The smallest absolute Gasteiger partial charge is 0.291 e. The number of carbonyl (C=O) groups excluding carboxylic acids is 1. The molecule has 0 aliphatic carbocycles. The second-order valence-electron chi connectivity index (χ2n) is 8.18. The van der Waals surface area contributed by atoms with Gasteiger partial charge in [0.05, 0.1) is 23.6 Å². The first-order valence-corrected chi connectivity index (χ1v) is 11.2. The van der Waals surface area contributed by atoms with Crippen LogP contribution in [0, 0.1) is 13.8 Å². The molecule has 0 unspecified atom stereocenters. The molecule has 2 heterocycles. The van der Waals surface area contributed by atoms with E-state index in [9.17, 15) is 4.79 Å². The summed E-state index contributed by atoms with van der Waals surface area (Å²) in [6.07, 6.45) is 0. The maximum atomic E-state index is 12.9. The van der Waals surface area contributed by atoms with Gasteiger partial charge in [0.15, 0.2) is 5.76 Å². The first-order chi connectivity index (χ1) is 16.6. The van der Waals surface area contributed by atoms with Crippen LogP contribution in [0.4, 0.5) is 5.69 Å². The second-order valence-corrected chi connectivity index (χ2v) is 8.18. The minimum absolute atomic E-state index is 0.228. The fraction of sp³-hybridized carbons (Fsp3) is 0.143. The molecular weight excluding hydrogens is 426 g/mol. The largest absolute Gasteiger partial charge is 0.485 e. The summed E-state index contributed by atoms with van der Waals surface area (Å²) in [6.45, 7) is 4.70. The van der Waals surface area contributed by atoms with Gasteiger partial charge in [-0.3, -0.25) is 9.48 Å². The molecule has 34 heavy (non-hydrogen) atoms. The maximum Gasteiger partial charge on any atom is 0.291 e. The predicted molar refractivity (Wildman–Crippen MR) is 132 cm³/mol. The number of aromatic nitrogens is 2. The topological polar surface area (TPSA) is 69.3 Å². The van der Waals surface area contributed by atoms with Gasteiger partial charge in [-0.15, -0.1) is 0 Å². The SMILES string of the molecule is Cc1nn(Cc2ccccc2)c(C)c1NC(=O)c1ccc(COc2cccc3ccccc23)o1. The number of carbonyl (C=O) groups is 1. The fourth-order valence-electron chi connectivity index (χ4n) is 4.01. The minimum atomic E-state index is -0.318. The monoisotopic (exact) mass is 451 g/mol. The standard InChI is InChI=1S/C28H25N3O3/c1-19-27(20(2)31(30-19)17-21-9-4-3-5-10-21)29-28(32)26-16-15-23(34-26)18-33-25-14-8-12-22-11-6-7-13-24(22)25/h3-16H,17-18H2,1-2H3,(H,29,32). The number of nitrogens with one attached hydrogen (secondary N) is 1. The summed E-state index contributed by atoms with van der Waals surface area (Å²) in [7, 11) is 0. The third-order valence-corrected chi connectivity index (χ3v) is 5.80. The number of hydrogen-bond donors (Lipinski definition) is 1. The molecule has 0 aliphatic heterocycles. The Hall–Kier alpha value is -4.32. The Balaban J connectivity index is 1.26. The molecule has 2 aromatic heterocycles. The number of benzene rings is 3. The highest BCUT2D eigenvalue weighted by Crippen LogP contribution is 2.26. The highest BCUT2D eigenvalue weighted by Gasteiger charge is 2.18. The molecule has 0 fully saturated rings. The van der Waals surface area contributed by atoms with Crippen LogP contribution in [-0.2, 0) is 13.2 Å². The number of furan rings is 1. The van der Waals surface area contributed by atoms with E-state index >= 15 is 0 Å². The summed E-state index contributed by atoms with van der Waals surface area (Å²) < 4.78 is 13.6. The van der Waals surface area contributed by atoms with Gasteiger partial charge in [0.25, 0.3) is 5.91 Å². The Morgan fingerprint density at radius 3 is 2.56 bits per heavy atom. The number of anilines is 1. The third-order valence-electron chi connectivity index (χ3n) is 5.80. The number of nitrogens with zero attached hydrogens (tertiary/aromatic N) is 2. The molecule has 170 valence electrons. The van der Waals surface area contributed by atoms with Crippen LogP contribution in [0.3, 0.4) is 0 Å². The van der Waals surface area contributed by atoms with E-state index in [0.29, 0.717) is 18.0 Å². The van der Waals surface area contributed by atoms with Crippen LogP contribution in [0.2, 0.25) is 0 Å². The molecular formula is C28H25N3O3. The lowest BCUT2D eigenvalue weighted by Crippen LogP contribution is -2.12. The van der Waals surface area contributed by atoms with Crippen molar-refractivity contribution in [2.45, 2.75) is 27.0 Å². The van der Waals surface area contributed by atoms with Crippen molar-refractivity contribution >= 4 is 22.4 Å². The van der Waals surface area contributed by atoms with Crippen molar-refractivity contribution in [2.24, 2.45) is 0 Å². The van der Waals surface area contributed by atoms with E-state index in [4.69, 9.17) is 9.15 Å². The lowest BCUT2D eigenvalue weighted by atomic mass is 10.1. The number of rotatable bonds is 7. The molecule has 5 aromatic rings. The Morgan fingerprint density at radius 2 is 1.71 bits per heavy atom. The van der Waals surface area contributed by atoms with Gasteiger partial charge in [0, 0.05) is 5.39 Å². The van der Waals surface area contributed by atoms with Crippen molar-refractivity contribution in [1.82, 2.24) is 9.78 Å². The van der Waals surface area contributed by atoms with Crippen LogP contribution in [0.1, 0.15) is 33.3 Å². The third kappa shape index (κ3) is 4.43. The van der Waals surface area contributed by atoms with E-state index in [1.54, 1.807) is 12.1 Å². The van der Waals surface area contributed by atoms with Crippen LogP contribution < -0.4 is 10.1 Å². The molecule has 1 N–H and O–H groups in total. The highest BCUT2D eigenvalue weighted by atomic mass is 16.5. The quantitative estimate of drug-likeness (QED) is 0.323. The zero-order valence-corrected chi connectivity index (χ0v) is 19.1. The summed E-state index contributed by atoms with van der Waals surface area (Å²) in [5, 5.41) is 9.70. The molecule has 0 saturated heterocycles. The van der Waals surface area contributed by atoms with Gasteiger partial charge < -0.3 is 14.5 Å². The van der Waals surface area contributed by atoms with E-state index < -0.39 is 0 Å². The van der Waals surface area contributed by atoms with Gasteiger partial charge in [-0.1, -0.05) is 66.7 Å². The van der Waals surface area contributed by atoms with Crippen molar-refractivity contribution in [2.75, 3.05) is 5.32 Å². The van der Waals surface area contributed by atoms with Gasteiger partial charge in [-0.25, -0.2) is 0 Å². The summed E-state index contributed by atoms with van der Waals surface area (Å²) in [5.41, 5.74) is 3.49. The second kappa shape index (κ2) is 9.27. The van der Waals surface area contributed by atoms with E-state index in [1.807, 2.05) is 79.2 Å². The van der Waals surface area contributed by atoms with E-state index in [1.165, 1.54) is 0 Å². The van der Waals surface area contributed by atoms with E-state index in [0.717, 1.165) is 33.5 Å². The van der Waals surface area contributed by atoms with Gasteiger partial charge in [0.1, 0.15) is 18.1 Å². The van der Waals surface area contributed by atoms with Crippen LogP contribution in [-0.4, -0.2) is 15.7 Å². The molecule has 5 rings (SSSR count). The van der Waals surface area contributed by atoms with Crippen molar-refractivity contribution in [3.05, 3.63) is 113 Å².